The molecule has 0 aliphatic rings. The first-order chi connectivity index (χ1) is 9.42. The van der Waals surface area contributed by atoms with Crippen molar-refractivity contribution in [1.29, 1.82) is 0 Å². The van der Waals surface area contributed by atoms with Crippen molar-refractivity contribution >= 4 is 32.3 Å². The smallest absolute Gasteiger partial charge is 0.0697 e. The van der Waals surface area contributed by atoms with Crippen LogP contribution in [0, 0.1) is 6.07 Å². The summed E-state index contributed by atoms with van der Waals surface area (Å²) in [5.41, 5.74) is 2.16. The van der Waals surface area contributed by atoms with Gasteiger partial charge in [0.05, 0.1) is 5.52 Å². The van der Waals surface area contributed by atoms with E-state index in [2.05, 4.69) is 54.6 Å². The molecule has 99 valence electrons. The summed E-state index contributed by atoms with van der Waals surface area (Å²) in [4.78, 5) is 4.72. The van der Waals surface area contributed by atoms with Gasteiger partial charge in [-0.1, -0.05) is 41.8 Å². The molecule has 0 saturated carbocycles. The number of hydrogen-bond donors (Lipinski definition) is 0. The molecule has 0 amide bonds. The second-order valence-corrected chi connectivity index (χ2v) is 5.46. The van der Waals surface area contributed by atoms with Crippen LogP contribution in [0.3, 0.4) is 0 Å². The largest absolute Gasteiger partial charge is 0.285 e. The van der Waals surface area contributed by atoms with E-state index < -0.39 is 0 Å². The van der Waals surface area contributed by atoms with Crippen molar-refractivity contribution in [1.82, 2.24) is 4.98 Å². The number of benzene rings is 3. The summed E-state index contributed by atoms with van der Waals surface area (Å²) in [5.74, 6) is 0. The van der Waals surface area contributed by atoms with Gasteiger partial charge in [-0.25, -0.2) is 0 Å². The topological polar surface area (TPSA) is 12.9 Å². The number of rotatable bonds is 1. The summed E-state index contributed by atoms with van der Waals surface area (Å²) >= 11 is 1.72. The standard InChI is InChI=1S/C17H10NS.Ir/c1-2-8-13-12(6-1)7-5-9-14(13)17-18-15-10-3-4-11-16(15)19-17;/h1-8,10-11H;/q-1;. The first kappa shape index (κ1) is 13.4. The van der Waals surface area contributed by atoms with Crippen molar-refractivity contribution in [2.45, 2.75) is 0 Å². The number of thiazole rings is 1. The molecule has 1 aromatic heterocycles. The minimum Gasteiger partial charge on any atom is -0.285 e. The Balaban J connectivity index is 0.00000121. The average molecular weight is 453 g/mol. The number of aromatic nitrogens is 1. The van der Waals surface area contributed by atoms with E-state index in [1.807, 2.05) is 12.1 Å². The second-order valence-electron chi connectivity index (χ2n) is 4.43. The van der Waals surface area contributed by atoms with Gasteiger partial charge in [-0.2, -0.15) is 11.3 Å². The minimum atomic E-state index is 0. The van der Waals surface area contributed by atoms with Gasteiger partial charge in [-0.3, -0.25) is 4.98 Å². The minimum absolute atomic E-state index is 0. The second kappa shape index (κ2) is 5.45. The van der Waals surface area contributed by atoms with E-state index in [1.54, 1.807) is 11.3 Å². The molecule has 3 heteroatoms. The van der Waals surface area contributed by atoms with E-state index >= 15 is 0 Å². The van der Waals surface area contributed by atoms with Crippen molar-refractivity contribution in [3.05, 3.63) is 66.7 Å². The zero-order chi connectivity index (χ0) is 12.7. The zero-order valence-corrected chi connectivity index (χ0v) is 13.7. The molecule has 1 radical (unpaired) electrons. The Labute approximate surface area is 134 Å². The molecule has 0 atom stereocenters. The summed E-state index contributed by atoms with van der Waals surface area (Å²) in [5, 5.41) is 3.48. The van der Waals surface area contributed by atoms with E-state index in [0.29, 0.717) is 0 Å². The Morgan fingerprint density at radius 3 is 2.60 bits per heavy atom. The molecule has 0 aliphatic heterocycles. The Morgan fingerprint density at radius 2 is 1.70 bits per heavy atom. The molecule has 0 spiro atoms. The van der Waals surface area contributed by atoms with Crippen molar-refractivity contribution < 1.29 is 20.1 Å². The van der Waals surface area contributed by atoms with E-state index in [1.165, 1.54) is 15.5 Å². The Bertz CT molecular complexity index is 844. The predicted molar refractivity (Wildman–Crippen MR) is 81.4 cm³/mol. The van der Waals surface area contributed by atoms with Crippen LogP contribution in [0.15, 0.2) is 60.7 Å². The number of fused-ring (bicyclic) bond motifs is 2. The summed E-state index contributed by atoms with van der Waals surface area (Å²) in [6.07, 6.45) is 0. The fourth-order valence-corrected chi connectivity index (χ4v) is 3.31. The fraction of sp³-hybridized carbons (Fsp3) is 0. The van der Waals surface area contributed by atoms with Crippen LogP contribution in [0.25, 0.3) is 31.6 Å². The third kappa shape index (κ3) is 2.18. The molecule has 0 saturated heterocycles. The number of nitrogens with zero attached hydrogens (tertiary/aromatic N) is 1. The molecule has 3 aromatic carbocycles. The maximum atomic E-state index is 4.72. The van der Waals surface area contributed by atoms with Crippen LogP contribution in [0.5, 0.6) is 0 Å². The third-order valence-electron chi connectivity index (χ3n) is 3.23. The van der Waals surface area contributed by atoms with Crippen molar-refractivity contribution in [2.75, 3.05) is 0 Å². The van der Waals surface area contributed by atoms with Crippen molar-refractivity contribution in [3.63, 3.8) is 0 Å². The van der Waals surface area contributed by atoms with Crippen molar-refractivity contribution in [2.24, 2.45) is 0 Å². The summed E-state index contributed by atoms with van der Waals surface area (Å²) in [6.45, 7) is 0. The average Bonchev–Trinajstić information content (AvgIpc) is 2.90. The third-order valence-corrected chi connectivity index (χ3v) is 4.28. The molecule has 0 bridgehead atoms. The molecule has 1 heterocycles. The quantitative estimate of drug-likeness (QED) is 0.374. The molecule has 0 fully saturated rings. The van der Waals surface area contributed by atoms with Crippen LogP contribution in [-0.4, -0.2) is 4.98 Å². The van der Waals surface area contributed by atoms with E-state index in [9.17, 15) is 0 Å². The Morgan fingerprint density at radius 1 is 0.900 bits per heavy atom. The van der Waals surface area contributed by atoms with Gasteiger partial charge in [0, 0.05) is 29.8 Å². The fourth-order valence-electron chi connectivity index (χ4n) is 2.32. The molecule has 1 nitrogen and oxygen atoms in total. The molecule has 20 heavy (non-hydrogen) atoms. The van der Waals surface area contributed by atoms with E-state index in [4.69, 9.17) is 4.98 Å². The molecular weight excluding hydrogens is 442 g/mol. The maximum absolute atomic E-state index is 4.72. The van der Waals surface area contributed by atoms with Crippen LogP contribution in [0.2, 0.25) is 0 Å². The van der Waals surface area contributed by atoms with Gasteiger partial charge < -0.3 is 0 Å². The van der Waals surface area contributed by atoms with Gasteiger partial charge in [0.15, 0.2) is 0 Å². The van der Waals surface area contributed by atoms with Gasteiger partial charge in [0.25, 0.3) is 0 Å². The molecular formula is C17H10IrNS-. The van der Waals surface area contributed by atoms with E-state index in [0.717, 1.165) is 16.1 Å². The summed E-state index contributed by atoms with van der Waals surface area (Å²) in [6, 6.07) is 24.0. The first-order valence-corrected chi connectivity index (χ1v) is 6.99. The molecule has 0 aliphatic carbocycles. The molecule has 4 aromatic rings. The van der Waals surface area contributed by atoms with Crippen LogP contribution in [-0.2, 0) is 20.1 Å². The van der Waals surface area contributed by atoms with Crippen molar-refractivity contribution in [3.8, 4) is 10.6 Å². The SMILES string of the molecule is [Ir].[c-]1ccc2ccccc2c1-c1nc2ccccc2s1. The van der Waals surface area contributed by atoms with E-state index in [-0.39, 0.29) is 20.1 Å². The van der Waals surface area contributed by atoms with Gasteiger partial charge in [-0.15, -0.1) is 29.1 Å². The number of hydrogen-bond acceptors (Lipinski definition) is 2. The molecule has 0 N–H and O–H groups in total. The zero-order valence-electron chi connectivity index (χ0n) is 10.5. The van der Waals surface area contributed by atoms with Crippen LogP contribution < -0.4 is 0 Å². The normalized spacial score (nSPS) is 10.6. The molecule has 0 unspecified atom stereocenters. The first-order valence-electron chi connectivity index (χ1n) is 6.17. The number of para-hydroxylation sites is 1. The van der Waals surface area contributed by atoms with Gasteiger partial charge in [-0.05, 0) is 12.1 Å². The van der Waals surface area contributed by atoms with Gasteiger partial charge in [0.2, 0.25) is 0 Å². The molecule has 4 rings (SSSR count). The van der Waals surface area contributed by atoms with Crippen LogP contribution >= 0.6 is 11.3 Å². The van der Waals surface area contributed by atoms with Gasteiger partial charge in [0.1, 0.15) is 0 Å². The van der Waals surface area contributed by atoms with Gasteiger partial charge >= 0.3 is 0 Å². The summed E-state index contributed by atoms with van der Waals surface area (Å²) < 4.78 is 1.22. The summed E-state index contributed by atoms with van der Waals surface area (Å²) in [7, 11) is 0. The predicted octanol–water partition coefficient (Wildman–Crippen LogP) is 4.91. The monoisotopic (exact) mass is 453 g/mol. The Hall–Kier alpha value is -1.54. The van der Waals surface area contributed by atoms with Crippen LogP contribution in [0.1, 0.15) is 0 Å². The van der Waals surface area contributed by atoms with Crippen LogP contribution in [0.4, 0.5) is 0 Å². The maximum Gasteiger partial charge on any atom is 0.0697 e. The Kier molecular flexibility index (Phi) is 3.66.